The lowest BCUT2D eigenvalue weighted by molar-refractivity contribution is 0.362. The molecule has 0 saturated carbocycles. The van der Waals surface area contributed by atoms with Crippen molar-refractivity contribution >= 4 is 5.69 Å². The van der Waals surface area contributed by atoms with E-state index in [1.807, 2.05) is 20.8 Å². The van der Waals surface area contributed by atoms with Crippen LogP contribution in [0.25, 0.3) is 0 Å². The molecule has 0 radical (unpaired) electrons. The van der Waals surface area contributed by atoms with Crippen LogP contribution in [0.15, 0.2) is 35.4 Å². The van der Waals surface area contributed by atoms with Crippen molar-refractivity contribution in [2.45, 2.75) is 26.3 Å². The molecule has 6 nitrogen and oxygen atoms in total. The number of anilines is 1. The number of benzene rings is 1. The second-order valence-corrected chi connectivity index (χ2v) is 5.58. The molecule has 0 spiro atoms. The van der Waals surface area contributed by atoms with E-state index in [-0.39, 0.29) is 17.0 Å². The highest BCUT2D eigenvalue weighted by molar-refractivity contribution is 5.56. The average molecular weight is 289 g/mol. The molecule has 1 aromatic carbocycles. The van der Waals surface area contributed by atoms with Crippen LogP contribution in [0.1, 0.15) is 20.8 Å². The normalized spacial score (nSPS) is 11.2. The fraction of sp³-hybridized carbons (Fsp3) is 0.333. The minimum atomic E-state index is -0.350. The molecule has 0 aliphatic heterocycles. The Morgan fingerprint density at radius 2 is 2.00 bits per heavy atom. The van der Waals surface area contributed by atoms with Gasteiger partial charge in [0.2, 0.25) is 0 Å². The number of hydrogen-bond acceptors (Lipinski definition) is 5. The fourth-order valence-electron chi connectivity index (χ4n) is 1.88. The second kappa shape index (κ2) is 5.47. The molecule has 0 fully saturated rings. The van der Waals surface area contributed by atoms with Gasteiger partial charge < -0.3 is 19.8 Å². The SMILES string of the molecule is COc1ccc(Oc2nccn(C(C)(C)C)c2=O)cc1N. The van der Waals surface area contributed by atoms with Crippen molar-refractivity contribution < 1.29 is 9.47 Å². The zero-order valence-corrected chi connectivity index (χ0v) is 12.6. The van der Waals surface area contributed by atoms with Gasteiger partial charge in [0.25, 0.3) is 5.88 Å². The summed E-state index contributed by atoms with van der Waals surface area (Å²) in [4.78, 5) is 16.3. The summed E-state index contributed by atoms with van der Waals surface area (Å²) in [6, 6.07) is 4.94. The molecule has 2 aromatic rings. The lowest BCUT2D eigenvalue weighted by Gasteiger charge is -2.22. The third-order valence-corrected chi connectivity index (χ3v) is 2.95. The maximum atomic E-state index is 12.3. The van der Waals surface area contributed by atoms with Crippen LogP contribution in [0.4, 0.5) is 5.69 Å². The summed E-state index contributed by atoms with van der Waals surface area (Å²) in [7, 11) is 1.53. The largest absolute Gasteiger partial charge is 0.495 e. The van der Waals surface area contributed by atoms with Crippen LogP contribution in [-0.4, -0.2) is 16.7 Å². The molecule has 21 heavy (non-hydrogen) atoms. The fourth-order valence-corrected chi connectivity index (χ4v) is 1.88. The third-order valence-electron chi connectivity index (χ3n) is 2.95. The van der Waals surface area contributed by atoms with Gasteiger partial charge >= 0.3 is 5.56 Å². The quantitative estimate of drug-likeness (QED) is 0.878. The molecule has 0 aliphatic rings. The summed E-state index contributed by atoms with van der Waals surface area (Å²) >= 11 is 0. The van der Waals surface area contributed by atoms with E-state index in [4.69, 9.17) is 15.2 Å². The number of aromatic nitrogens is 2. The van der Waals surface area contributed by atoms with Crippen molar-refractivity contribution in [2.75, 3.05) is 12.8 Å². The van der Waals surface area contributed by atoms with Crippen LogP contribution < -0.4 is 20.8 Å². The summed E-state index contributed by atoms with van der Waals surface area (Å²) in [6.45, 7) is 5.80. The Labute approximate surface area is 123 Å². The van der Waals surface area contributed by atoms with E-state index in [9.17, 15) is 4.79 Å². The van der Waals surface area contributed by atoms with Gasteiger partial charge in [-0.1, -0.05) is 0 Å². The first-order chi connectivity index (χ1) is 9.82. The van der Waals surface area contributed by atoms with E-state index in [1.54, 1.807) is 29.0 Å². The van der Waals surface area contributed by atoms with Crippen LogP contribution in [0.3, 0.4) is 0 Å². The number of rotatable bonds is 3. The molecular weight excluding hydrogens is 270 g/mol. The predicted octanol–water partition coefficient (Wildman–Crippen LogP) is 2.38. The average Bonchev–Trinajstić information content (AvgIpc) is 2.40. The standard InChI is InChI=1S/C15H19N3O3/c1-15(2,3)18-8-7-17-13(14(18)19)21-10-5-6-12(20-4)11(16)9-10/h5-9H,16H2,1-4H3. The molecule has 112 valence electrons. The smallest absolute Gasteiger partial charge is 0.314 e. The number of methoxy groups -OCH3 is 1. The molecule has 2 N–H and O–H groups in total. The van der Waals surface area contributed by atoms with Crippen LogP contribution in [0.5, 0.6) is 17.4 Å². The summed E-state index contributed by atoms with van der Waals surface area (Å²) in [5.74, 6) is 0.997. The first-order valence-corrected chi connectivity index (χ1v) is 6.52. The van der Waals surface area contributed by atoms with Crippen LogP contribution in [-0.2, 0) is 5.54 Å². The number of nitrogens with two attached hydrogens (primary N) is 1. The zero-order valence-electron chi connectivity index (χ0n) is 12.6. The molecule has 0 atom stereocenters. The van der Waals surface area contributed by atoms with Gasteiger partial charge in [-0.2, -0.15) is 0 Å². The summed E-state index contributed by atoms with van der Waals surface area (Å²) in [5.41, 5.74) is 5.60. The number of nitrogen functional groups attached to an aromatic ring is 1. The molecule has 1 aromatic heterocycles. The lowest BCUT2D eigenvalue weighted by Crippen LogP contribution is -2.34. The maximum absolute atomic E-state index is 12.3. The Hall–Kier alpha value is -2.50. The van der Waals surface area contributed by atoms with Gasteiger partial charge in [0.1, 0.15) is 11.5 Å². The maximum Gasteiger partial charge on any atom is 0.314 e. The van der Waals surface area contributed by atoms with Crippen molar-refractivity contribution in [2.24, 2.45) is 0 Å². The van der Waals surface area contributed by atoms with Gasteiger partial charge in [0, 0.05) is 24.0 Å². The van der Waals surface area contributed by atoms with Gasteiger partial charge in [0.15, 0.2) is 0 Å². The van der Waals surface area contributed by atoms with Gasteiger partial charge in [-0.05, 0) is 32.9 Å². The molecule has 6 heteroatoms. The molecule has 2 rings (SSSR count). The highest BCUT2D eigenvalue weighted by Crippen LogP contribution is 2.27. The first kappa shape index (κ1) is 14.9. The third kappa shape index (κ3) is 3.16. The Morgan fingerprint density at radius 1 is 1.29 bits per heavy atom. The Bertz CT molecular complexity index is 702. The number of ether oxygens (including phenoxy) is 2. The van der Waals surface area contributed by atoms with Crippen LogP contribution in [0.2, 0.25) is 0 Å². The lowest BCUT2D eigenvalue weighted by atomic mass is 10.1. The van der Waals surface area contributed by atoms with Gasteiger partial charge in [-0.3, -0.25) is 4.79 Å². The van der Waals surface area contributed by atoms with Crippen LogP contribution >= 0.6 is 0 Å². The van der Waals surface area contributed by atoms with Crippen molar-refractivity contribution in [3.63, 3.8) is 0 Å². The van der Waals surface area contributed by atoms with Crippen LogP contribution in [0, 0.1) is 0 Å². The highest BCUT2D eigenvalue weighted by Gasteiger charge is 2.17. The second-order valence-electron chi connectivity index (χ2n) is 5.58. The van der Waals surface area contributed by atoms with E-state index >= 15 is 0 Å². The highest BCUT2D eigenvalue weighted by atomic mass is 16.5. The summed E-state index contributed by atoms with van der Waals surface area (Å²) < 4.78 is 12.2. The molecule has 0 unspecified atom stereocenters. The Kier molecular flexibility index (Phi) is 3.88. The summed E-state index contributed by atoms with van der Waals surface area (Å²) in [6.07, 6.45) is 3.17. The molecule has 0 aliphatic carbocycles. The minimum absolute atomic E-state index is 0.0111. The number of nitrogens with zero attached hydrogens (tertiary/aromatic N) is 2. The van der Waals surface area contributed by atoms with Gasteiger partial charge in [-0.15, -0.1) is 0 Å². The Morgan fingerprint density at radius 3 is 2.57 bits per heavy atom. The van der Waals surface area contributed by atoms with Crippen molar-refractivity contribution in [1.82, 2.24) is 9.55 Å². The topological polar surface area (TPSA) is 79.4 Å². The van der Waals surface area contributed by atoms with E-state index in [0.29, 0.717) is 17.2 Å². The van der Waals surface area contributed by atoms with E-state index in [1.165, 1.54) is 13.3 Å². The van der Waals surface area contributed by atoms with Crippen molar-refractivity contribution in [1.29, 1.82) is 0 Å². The van der Waals surface area contributed by atoms with E-state index < -0.39 is 0 Å². The van der Waals surface area contributed by atoms with Crippen molar-refractivity contribution in [3.8, 4) is 17.4 Å². The van der Waals surface area contributed by atoms with E-state index in [2.05, 4.69) is 4.98 Å². The first-order valence-electron chi connectivity index (χ1n) is 6.52. The monoisotopic (exact) mass is 289 g/mol. The molecule has 1 heterocycles. The molecule has 0 amide bonds. The predicted molar refractivity (Wildman–Crippen MR) is 81.0 cm³/mol. The zero-order chi connectivity index (χ0) is 15.6. The van der Waals surface area contributed by atoms with E-state index in [0.717, 1.165) is 0 Å². The number of hydrogen-bond donors (Lipinski definition) is 1. The molecule has 0 bridgehead atoms. The van der Waals surface area contributed by atoms with Crippen molar-refractivity contribution in [3.05, 3.63) is 40.9 Å². The Balaban J connectivity index is 2.37. The molecule has 0 saturated heterocycles. The van der Waals surface area contributed by atoms with Gasteiger partial charge in [-0.25, -0.2) is 4.98 Å². The van der Waals surface area contributed by atoms with Gasteiger partial charge in [0.05, 0.1) is 12.8 Å². The minimum Gasteiger partial charge on any atom is -0.495 e. The summed E-state index contributed by atoms with van der Waals surface area (Å²) in [5, 5.41) is 0. The molecular formula is C15H19N3O3.